The zero-order valence-electron chi connectivity index (χ0n) is 11.0. The van der Waals surface area contributed by atoms with Crippen LogP contribution in [0.25, 0.3) is 0 Å². The zero-order chi connectivity index (χ0) is 12.8. The van der Waals surface area contributed by atoms with Gasteiger partial charge in [-0.3, -0.25) is 4.90 Å². The Balaban J connectivity index is 1.87. The van der Waals surface area contributed by atoms with Crippen LogP contribution in [0, 0.1) is 0 Å². The summed E-state index contributed by atoms with van der Waals surface area (Å²) in [4.78, 5) is 2.43. The second-order valence-electron chi connectivity index (χ2n) is 4.59. The van der Waals surface area contributed by atoms with Crippen LogP contribution in [0.2, 0.25) is 0 Å². The Morgan fingerprint density at radius 2 is 2.00 bits per heavy atom. The Hall–Kier alpha value is -1.26. The van der Waals surface area contributed by atoms with E-state index in [4.69, 9.17) is 15.2 Å². The molecule has 100 valence electrons. The zero-order valence-corrected chi connectivity index (χ0v) is 11.0. The minimum atomic E-state index is 0.518. The van der Waals surface area contributed by atoms with E-state index in [1.54, 1.807) is 7.11 Å². The van der Waals surface area contributed by atoms with E-state index in [9.17, 15) is 0 Å². The van der Waals surface area contributed by atoms with Gasteiger partial charge in [0.05, 0.1) is 7.11 Å². The summed E-state index contributed by atoms with van der Waals surface area (Å²) in [7, 11) is 1.66. The lowest BCUT2D eigenvalue weighted by molar-refractivity contribution is 0.230. The molecule has 1 heterocycles. The number of nitrogens with two attached hydrogens (primary N) is 1. The molecule has 4 nitrogen and oxygen atoms in total. The first kappa shape index (κ1) is 13.2. The van der Waals surface area contributed by atoms with Gasteiger partial charge in [-0.2, -0.15) is 0 Å². The van der Waals surface area contributed by atoms with Gasteiger partial charge in [0.2, 0.25) is 0 Å². The van der Waals surface area contributed by atoms with Crippen molar-refractivity contribution in [1.29, 1.82) is 0 Å². The minimum Gasteiger partial charge on any atom is -0.493 e. The van der Waals surface area contributed by atoms with Crippen LogP contribution in [-0.4, -0.2) is 38.3 Å². The SMILES string of the molecule is COc1cc(CN)ccc1OCCN1CCCC1. The molecule has 1 aliphatic heterocycles. The van der Waals surface area contributed by atoms with E-state index in [1.807, 2.05) is 18.2 Å². The van der Waals surface area contributed by atoms with Gasteiger partial charge in [-0.05, 0) is 43.6 Å². The molecular formula is C14H22N2O2. The fourth-order valence-electron chi connectivity index (χ4n) is 2.25. The van der Waals surface area contributed by atoms with E-state index < -0.39 is 0 Å². The van der Waals surface area contributed by atoms with Gasteiger partial charge in [0, 0.05) is 13.1 Å². The molecule has 0 unspecified atom stereocenters. The van der Waals surface area contributed by atoms with E-state index in [0.717, 1.165) is 23.6 Å². The summed E-state index contributed by atoms with van der Waals surface area (Å²) < 4.78 is 11.1. The van der Waals surface area contributed by atoms with Crippen molar-refractivity contribution in [3.05, 3.63) is 23.8 Å². The van der Waals surface area contributed by atoms with Crippen LogP contribution < -0.4 is 15.2 Å². The Morgan fingerprint density at radius 3 is 2.67 bits per heavy atom. The second-order valence-corrected chi connectivity index (χ2v) is 4.59. The first-order chi connectivity index (χ1) is 8.83. The van der Waals surface area contributed by atoms with Crippen molar-refractivity contribution < 1.29 is 9.47 Å². The van der Waals surface area contributed by atoms with Crippen molar-refractivity contribution in [2.75, 3.05) is 33.4 Å². The molecule has 0 atom stereocenters. The van der Waals surface area contributed by atoms with Crippen LogP contribution in [0.5, 0.6) is 11.5 Å². The Bertz CT molecular complexity index is 376. The maximum absolute atomic E-state index is 5.78. The maximum Gasteiger partial charge on any atom is 0.161 e. The molecule has 1 fully saturated rings. The number of methoxy groups -OCH3 is 1. The summed E-state index contributed by atoms with van der Waals surface area (Å²) in [5, 5.41) is 0. The fraction of sp³-hybridized carbons (Fsp3) is 0.571. The van der Waals surface area contributed by atoms with Crippen LogP contribution >= 0.6 is 0 Å². The van der Waals surface area contributed by atoms with E-state index >= 15 is 0 Å². The molecule has 0 radical (unpaired) electrons. The quantitative estimate of drug-likeness (QED) is 0.833. The lowest BCUT2D eigenvalue weighted by Crippen LogP contribution is -2.25. The van der Waals surface area contributed by atoms with E-state index in [-0.39, 0.29) is 0 Å². The number of benzene rings is 1. The first-order valence-electron chi connectivity index (χ1n) is 6.55. The van der Waals surface area contributed by atoms with Gasteiger partial charge in [-0.25, -0.2) is 0 Å². The average Bonchev–Trinajstić information content (AvgIpc) is 2.92. The third-order valence-corrected chi connectivity index (χ3v) is 3.33. The normalized spacial score (nSPS) is 15.9. The van der Waals surface area contributed by atoms with Gasteiger partial charge in [-0.1, -0.05) is 6.07 Å². The first-order valence-corrected chi connectivity index (χ1v) is 6.55. The fourth-order valence-corrected chi connectivity index (χ4v) is 2.25. The number of nitrogens with zero attached hydrogens (tertiary/aromatic N) is 1. The summed E-state index contributed by atoms with van der Waals surface area (Å²) in [6.45, 7) is 4.61. The molecule has 0 aromatic heterocycles. The van der Waals surface area contributed by atoms with Crippen molar-refractivity contribution in [3.8, 4) is 11.5 Å². The number of ether oxygens (including phenoxy) is 2. The van der Waals surface area contributed by atoms with Crippen LogP contribution in [0.4, 0.5) is 0 Å². The third kappa shape index (κ3) is 3.37. The number of hydrogen-bond donors (Lipinski definition) is 1. The standard InChI is InChI=1S/C14H22N2O2/c1-17-14-10-12(11-15)4-5-13(14)18-9-8-16-6-2-3-7-16/h4-5,10H,2-3,6-9,11,15H2,1H3. The summed E-state index contributed by atoms with van der Waals surface area (Å²) in [6.07, 6.45) is 2.63. The molecule has 18 heavy (non-hydrogen) atoms. The molecular weight excluding hydrogens is 228 g/mol. The summed E-state index contributed by atoms with van der Waals surface area (Å²) in [5.74, 6) is 1.56. The average molecular weight is 250 g/mol. The molecule has 0 saturated carbocycles. The predicted octanol–water partition coefficient (Wildman–Crippen LogP) is 1.63. The van der Waals surface area contributed by atoms with Gasteiger partial charge in [-0.15, -0.1) is 0 Å². The number of hydrogen-bond acceptors (Lipinski definition) is 4. The van der Waals surface area contributed by atoms with Gasteiger partial charge in [0.1, 0.15) is 6.61 Å². The molecule has 2 N–H and O–H groups in total. The molecule has 1 aliphatic rings. The van der Waals surface area contributed by atoms with Crippen LogP contribution in [0.1, 0.15) is 18.4 Å². The van der Waals surface area contributed by atoms with Gasteiger partial charge >= 0.3 is 0 Å². The van der Waals surface area contributed by atoms with Crippen LogP contribution in [0.15, 0.2) is 18.2 Å². The lowest BCUT2D eigenvalue weighted by atomic mass is 10.2. The molecule has 2 rings (SSSR count). The lowest BCUT2D eigenvalue weighted by Gasteiger charge is -2.16. The Kier molecular flexibility index (Phi) is 4.84. The molecule has 0 amide bonds. The number of rotatable bonds is 6. The van der Waals surface area contributed by atoms with Crippen molar-refractivity contribution in [3.63, 3.8) is 0 Å². The maximum atomic E-state index is 5.78. The third-order valence-electron chi connectivity index (χ3n) is 3.33. The monoisotopic (exact) mass is 250 g/mol. The van der Waals surface area contributed by atoms with E-state index in [1.165, 1.54) is 25.9 Å². The topological polar surface area (TPSA) is 47.7 Å². The highest BCUT2D eigenvalue weighted by Gasteiger charge is 2.11. The molecule has 1 aromatic rings. The Labute approximate surface area is 109 Å². The largest absolute Gasteiger partial charge is 0.493 e. The minimum absolute atomic E-state index is 0.518. The smallest absolute Gasteiger partial charge is 0.161 e. The molecule has 0 spiro atoms. The molecule has 0 aliphatic carbocycles. The van der Waals surface area contributed by atoms with E-state index in [0.29, 0.717) is 13.2 Å². The highest BCUT2D eigenvalue weighted by molar-refractivity contribution is 5.42. The van der Waals surface area contributed by atoms with Crippen molar-refractivity contribution in [2.24, 2.45) is 5.73 Å². The van der Waals surface area contributed by atoms with E-state index in [2.05, 4.69) is 4.90 Å². The van der Waals surface area contributed by atoms with Crippen molar-refractivity contribution in [2.45, 2.75) is 19.4 Å². The van der Waals surface area contributed by atoms with Crippen LogP contribution in [-0.2, 0) is 6.54 Å². The van der Waals surface area contributed by atoms with Gasteiger partial charge < -0.3 is 15.2 Å². The van der Waals surface area contributed by atoms with Crippen molar-refractivity contribution in [1.82, 2.24) is 4.90 Å². The molecule has 1 saturated heterocycles. The van der Waals surface area contributed by atoms with Crippen molar-refractivity contribution >= 4 is 0 Å². The highest BCUT2D eigenvalue weighted by Crippen LogP contribution is 2.27. The molecule has 4 heteroatoms. The molecule has 1 aromatic carbocycles. The summed E-state index contributed by atoms with van der Waals surface area (Å²) in [5.41, 5.74) is 6.66. The summed E-state index contributed by atoms with van der Waals surface area (Å²) in [6, 6.07) is 5.85. The Morgan fingerprint density at radius 1 is 1.22 bits per heavy atom. The van der Waals surface area contributed by atoms with Gasteiger partial charge in [0.25, 0.3) is 0 Å². The number of likely N-dealkylation sites (tertiary alicyclic amines) is 1. The predicted molar refractivity (Wildman–Crippen MR) is 72.1 cm³/mol. The molecule has 0 bridgehead atoms. The van der Waals surface area contributed by atoms with Gasteiger partial charge in [0.15, 0.2) is 11.5 Å². The second kappa shape index (κ2) is 6.61. The highest BCUT2D eigenvalue weighted by atomic mass is 16.5. The van der Waals surface area contributed by atoms with Crippen LogP contribution in [0.3, 0.4) is 0 Å². The summed E-state index contributed by atoms with van der Waals surface area (Å²) >= 11 is 0.